The summed E-state index contributed by atoms with van der Waals surface area (Å²) < 4.78 is 77.8. The molecule has 0 bridgehead atoms. The van der Waals surface area contributed by atoms with Gasteiger partial charge < -0.3 is 26.2 Å². The minimum Gasteiger partial charge on any atom is -0.496 e. The molecule has 0 aliphatic carbocycles. The minimum atomic E-state index is -4.14. The number of nitrogens with zero attached hydrogens (tertiary/aromatic N) is 2. The van der Waals surface area contributed by atoms with Crippen molar-refractivity contribution in [1.29, 1.82) is 0 Å². The molecule has 15 nitrogen and oxygen atoms in total. The number of thiazole rings is 1. The highest BCUT2D eigenvalue weighted by molar-refractivity contribution is 7.90. The van der Waals surface area contributed by atoms with Gasteiger partial charge in [-0.25, -0.2) is 35.7 Å². The average molecular weight is 922 g/mol. The van der Waals surface area contributed by atoms with Crippen LogP contribution in [0.4, 0.5) is 4.39 Å². The summed E-state index contributed by atoms with van der Waals surface area (Å²) in [6.07, 6.45) is 0.314. The van der Waals surface area contributed by atoms with Gasteiger partial charge in [0, 0.05) is 24.5 Å². The molecule has 5 rings (SSSR count). The lowest BCUT2D eigenvalue weighted by Crippen LogP contribution is -2.56. The van der Waals surface area contributed by atoms with Crippen LogP contribution in [0.2, 0.25) is 0 Å². The Balaban J connectivity index is 1.35. The number of sulfonamides is 2. The fourth-order valence-electron chi connectivity index (χ4n) is 6.95. The first-order valence-corrected chi connectivity index (χ1v) is 24.0. The standard InChI is InChI=1S/C44H52FN7O8S3/c1-28-24-38(60-4)29(2)30(3)40(28)63(58,59)52-44(46)48-21-11-16-35(39(53)43-47-22-23-61-43)49-41(54)36(25-32-17-19-34(45)20-18-32)50-42(55)37(26-31-12-7-5-8-13-31)51-62(56,57)27-33-14-9-6-10-15-33/h5-10,12-15,17-20,22-24,35-37,39,51,53H,11,16,21,25-27H2,1-4H3,(H,49,54)(H,50,55)(H3,46,48,52)/t35-,36-,37+,39?/m0/s1. The topological polar surface area (TPSA) is 231 Å². The van der Waals surface area contributed by atoms with Gasteiger partial charge in [-0.3, -0.25) is 14.6 Å². The molecular formula is C44H52FN7O8S3. The number of aliphatic hydroxyl groups excluding tert-OH is 1. The number of aliphatic hydroxyl groups is 1. The zero-order chi connectivity index (χ0) is 45.7. The predicted molar refractivity (Wildman–Crippen MR) is 240 cm³/mol. The number of benzene rings is 4. The highest BCUT2D eigenvalue weighted by Crippen LogP contribution is 2.30. The van der Waals surface area contributed by atoms with Crippen molar-refractivity contribution in [2.24, 2.45) is 10.7 Å². The smallest absolute Gasteiger partial charge is 0.264 e. The maximum absolute atomic E-state index is 14.3. The van der Waals surface area contributed by atoms with Crippen molar-refractivity contribution in [3.63, 3.8) is 0 Å². The third kappa shape index (κ3) is 13.9. The molecule has 0 fully saturated rings. The summed E-state index contributed by atoms with van der Waals surface area (Å²) >= 11 is 1.16. The van der Waals surface area contributed by atoms with Crippen molar-refractivity contribution >= 4 is 49.2 Å². The maximum Gasteiger partial charge on any atom is 0.264 e. The number of nitrogens with two attached hydrogens (primary N) is 1. The van der Waals surface area contributed by atoms with E-state index in [2.05, 4.69) is 30.1 Å². The number of guanidine groups is 1. The van der Waals surface area contributed by atoms with Gasteiger partial charge in [-0.2, -0.15) is 0 Å². The number of carbonyl (C=O) groups is 2. The van der Waals surface area contributed by atoms with Crippen LogP contribution in [-0.4, -0.2) is 76.5 Å². The number of hydrogen-bond acceptors (Lipinski definition) is 11. The van der Waals surface area contributed by atoms with Crippen molar-refractivity contribution in [2.75, 3.05) is 13.7 Å². The molecular weight excluding hydrogens is 870 g/mol. The van der Waals surface area contributed by atoms with Gasteiger partial charge in [-0.1, -0.05) is 72.8 Å². The lowest BCUT2D eigenvalue weighted by atomic mass is 10.0. The van der Waals surface area contributed by atoms with Crippen LogP contribution in [0.5, 0.6) is 5.75 Å². The first-order valence-electron chi connectivity index (χ1n) is 19.9. The van der Waals surface area contributed by atoms with Crippen molar-refractivity contribution < 1.29 is 40.7 Å². The molecule has 1 heterocycles. The van der Waals surface area contributed by atoms with E-state index >= 15 is 0 Å². The van der Waals surface area contributed by atoms with E-state index in [0.29, 0.717) is 44.1 Å². The van der Waals surface area contributed by atoms with Crippen LogP contribution >= 0.6 is 11.3 Å². The van der Waals surface area contributed by atoms with Crippen LogP contribution in [0, 0.1) is 26.6 Å². The van der Waals surface area contributed by atoms with E-state index in [1.165, 1.54) is 37.6 Å². The van der Waals surface area contributed by atoms with Crippen molar-refractivity contribution in [3.05, 3.63) is 147 Å². The Morgan fingerprint density at radius 3 is 2.08 bits per heavy atom. The van der Waals surface area contributed by atoms with Gasteiger partial charge in [0.25, 0.3) is 10.0 Å². The molecule has 1 aromatic heterocycles. The average Bonchev–Trinajstić information content (AvgIpc) is 3.79. The van der Waals surface area contributed by atoms with Gasteiger partial charge >= 0.3 is 0 Å². The molecule has 336 valence electrons. The van der Waals surface area contributed by atoms with E-state index in [1.54, 1.807) is 92.9 Å². The van der Waals surface area contributed by atoms with Crippen molar-refractivity contribution in [1.82, 2.24) is 25.1 Å². The maximum atomic E-state index is 14.3. The molecule has 4 aromatic carbocycles. The fourth-order valence-corrected chi connectivity index (χ4v) is 10.5. The first-order chi connectivity index (χ1) is 30.0. The fraction of sp³-hybridized carbons (Fsp3) is 0.318. The Bertz CT molecular complexity index is 2570. The normalized spacial score (nSPS) is 14.0. The van der Waals surface area contributed by atoms with E-state index < -0.39 is 67.7 Å². The third-order valence-electron chi connectivity index (χ3n) is 10.2. The Hall–Kier alpha value is -5.73. The lowest BCUT2D eigenvalue weighted by molar-refractivity contribution is -0.130. The summed E-state index contributed by atoms with van der Waals surface area (Å²) in [5, 5.41) is 19.0. The van der Waals surface area contributed by atoms with Gasteiger partial charge in [-0.05, 0) is 91.6 Å². The number of amides is 2. The van der Waals surface area contributed by atoms with Gasteiger partial charge in [0.15, 0.2) is 0 Å². The Morgan fingerprint density at radius 2 is 1.46 bits per heavy atom. The van der Waals surface area contributed by atoms with Gasteiger partial charge in [0.2, 0.25) is 27.8 Å². The van der Waals surface area contributed by atoms with E-state index in [1.807, 2.05) is 0 Å². The molecule has 2 amide bonds. The molecule has 0 spiro atoms. The summed E-state index contributed by atoms with van der Waals surface area (Å²) in [5.41, 5.74) is 9.29. The number of nitrogens with one attached hydrogen (secondary N) is 4. The molecule has 0 aliphatic heterocycles. The second kappa shape index (κ2) is 22.1. The predicted octanol–water partition coefficient (Wildman–Crippen LogP) is 4.27. The highest BCUT2D eigenvalue weighted by atomic mass is 32.2. The van der Waals surface area contributed by atoms with Gasteiger partial charge in [-0.15, -0.1) is 11.3 Å². The second-order valence-corrected chi connectivity index (χ2v) is 19.2. The van der Waals surface area contributed by atoms with Crippen LogP contribution in [0.3, 0.4) is 0 Å². The monoisotopic (exact) mass is 921 g/mol. The Kier molecular flexibility index (Phi) is 16.9. The molecule has 4 atom stereocenters. The largest absolute Gasteiger partial charge is 0.496 e. The summed E-state index contributed by atoms with van der Waals surface area (Å²) in [6, 6.07) is 20.6. The number of rotatable bonds is 21. The SMILES string of the molecule is COc1cc(C)c(S(=O)(=O)NC(N)=NCCC[C@H](NC(=O)[C@H](Cc2ccc(F)cc2)NC(=O)[C@@H](Cc2ccccc2)NS(=O)(=O)Cc2ccccc2)C(O)c2nccs2)c(C)c1C. The number of aliphatic imine (C=N–C) groups is 1. The Morgan fingerprint density at radius 1 is 0.857 bits per heavy atom. The molecule has 19 heteroatoms. The zero-order valence-electron chi connectivity index (χ0n) is 35.2. The van der Waals surface area contributed by atoms with Gasteiger partial charge in [0.05, 0.1) is 23.8 Å². The van der Waals surface area contributed by atoms with Gasteiger partial charge in [0.1, 0.15) is 34.8 Å². The molecule has 1 unspecified atom stereocenters. The number of methoxy groups -OCH3 is 1. The third-order valence-corrected chi connectivity index (χ3v) is 14.0. The van der Waals surface area contributed by atoms with Crippen molar-refractivity contribution in [2.45, 2.75) is 81.3 Å². The summed E-state index contributed by atoms with van der Waals surface area (Å²) in [7, 11) is -6.71. The molecule has 63 heavy (non-hydrogen) atoms. The number of ether oxygens (including phenoxy) is 1. The highest BCUT2D eigenvalue weighted by Gasteiger charge is 2.32. The summed E-state index contributed by atoms with van der Waals surface area (Å²) in [4.78, 5) is 36.9. The van der Waals surface area contributed by atoms with Crippen LogP contribution < -0.4 is 30.5 Å². The molecule has 0 saturated carbocycles. The zero-order valence-corrected chi connectivity index (χ0v) is 37.7. The Labute approximate surface area is 371 Å². The molecule has 0 aliphatic rings. The van der Waals surface area contributed by atoms with E-state index in [4.69, 9.17) is 10.5 Å². The first kappa shape index (κ1) is 48.3. The lowest BCUT2D eigenvalue weighted by Gasteiger charge is -2.27. The number of aryl methyl sites for hydroxylation is 1. The molecule has 5 aromatic rings. The summed E-state index contributed by atoms with van der Waals surface area (Å²) in [5.74, 6) is -2.25. The minimum absolute atomic E-state index is 0.00898. The van der Waals surface area contributed by atoms with Crippen LogP contribution in [-0.2, 0) is 48.2 Å². The van der Waals surface area contributed by atoms with Crippen molar-refractivity contribution in [3.8, 4) is 5.75 Å². The van der Waals surface area contributed by atoms with E-state index in [-0.39, 0.29) is 43.1 Å². The molecule has 0 saturated heterocycles. The van der Waals surface area contributed by atoms with E-state index in [0.717, 1.165) is 11.3 Å². The molecule has 7 N–H and O–H groups in total. The quantitative estimate of drug-likeness (QED) is 0.0348. The van der Waals surface area contributed by atoms with Crippen LogP contribution in [0.25, 0.3) is 0 Å². The van der Waals surface area contributed by atoms with Crippen LogP contribution in [0.1, 0.15) is 57.3 Å². The number of aromatic nitrogens is 1. The number of halogens is 1. The van der Waals surface area contributed by atoms with E-state index in [9.17, 15) is 35.9 Å². The summed E-state index contributed by atoms with van der Waals surface area (Å²) in [6.45, 7) is 5.05. The number of carbonyl (C=O) groups excluding carboxylic acids is 2. The second-order valence-electron chi connectivity index (χ2n) is 14.9. The van der Waals surface area contributed by atoms with Crippen LogP contribution in [0.15, 0.2) is 112 Å². The number of hydrogen-bond donors (Lipinski definition) is 6. The molecule has 0 radical (unpaired) electrons.